The topological polar surface area (TPSA) is 193 Å². The highest BCUT2D eigenvalue weighted by Gasteiger charge is 2.38. The highest BCUT2D eigenvalue weighted by molar-refractivity contribution is 5.93. The van der Waals surface area contributed by atoms with Crippen LogP contribution in [0.3, 0.4) is 0 Å². The van der Waals surface area contributed by atoms with E-state index in [1.165, 1.54) is 7.11 Å². The summed E-state index contributed by atoms with van der Waals surface area (Å²) in [5.74, 6) is 1.00. The number of amides is 3. The number of rotatable bonds is 9. The Morgan fingerprint density at radius 2 is 1.42 bits per heavy atom. The van der Waals surface area contributed by atoms with Gasteiger partial charge in [0.2, 0.25) is 17.2 Å². The van der Waals surface area contributed by atoms with Gasteiger partial charge in [-0.2, -0.15) is 0 Å². The molecule has 5 N–H and O–H groups in total. The molecule has 14 heteroatoms. The molecule has 0 aliphatic carbocycles. The number of imidazole rings is 2. The molecule has 7 rings (SSSR count). The maximum Gasteiger partial charge on any atom is 0.407 e. The van der Waals surface area contributed by atoms with E-state index in [1.807, 2.05) is 50.8 Å². The molecule has 14 nitrogen and oxygen atoms in total. The molecule has 5 heterocycles. The number of methoxy groups -OCH3 is 1. The van der Waals surface area contributed by atoms with Crippen molar-refractivity contribution in [1.29, 1.82) is 0 Å². The van der Waals surface area contributed by atoms with E-state index in [-0.39, 0.29) is 41.2 Å². The molecule has 53 heavy (non-hydrogen) atoms. The Hall–Kier alpha value is -5.50. The standard InChI is InChI=1S/C39H46N8O6/c1-20(2)32(40)37(49)46-14-6-8-28(46)35-42-19-27(44-35)23-10-12-24-31(17-23)53-30-13-11-22(16-25(30)34(24)48)26-18-41-36(43-26)29-9-7-15-47(29)38(50)33(21(3)4)45-39(51)52-5/h10-13,16-21,28-29,32-33H,6-9,14-15,40H2,1-5H3,(H,41,43)(H,42,44)(H,45,51). The summed E-state index contributed by atoms with van der Waals surface area (Å²) in [6.07, 6.45) is 6.01. The zero-order valence-electron chi connectivity index (χ0n) is 30.6. The second-order valence-electron chi connectivity index (χ2n) is 14.7. The second kappa shape index (κ2) is 14.5. The molecule has 2 aliphatic heterocycles. The van der Waals surface area contributed by atoms with Crippen LogP contribution in [-0.2, 0) is 14.3 Å². The van der Waals surface area contributed by atoms with Gasteiger partial charge in [-0.15, -0.1) is 0 Å². The van der Waals surface area contributed by atoms with Crippen molar-refractivity contribution in [3.63, 3.8) is 0 Å². The summed E-state index contributed by atoms with van der Waals surface area (Å²) in [5, 5.41) is 3.55. The van der Waals surface area contributed by atoms with Gasteiger partial charge in [0.1, 0.15) is 28.9 Å². The number of benzene rings is 2. The van der Waals surface area contributed by atoms with Gasteiger partial charge in [-0.25, -0.2) is 14.8 Å². The fraction of sp³-hybridized carbons (Fsp3) is 0.436. The molecule has 2 aromatic carbocycles. The van der Waals surface area contributed by atoms with Crippen molar-refractivity contribution in [2.45, 2.75) is 77.5 Å². The maximum absolute atomic E-state index is 13.8. The van der Waals surface area contributed by atoms with Crippen molar-refractivity contribution in [2.24, 2.45) is 17.6 Å². The molecule has 5 aromatic rings. The van der Waals surface area contributed by atoms with Crippen LogP contribution in [0.4, 0.5) is 4.79 Å². The molecule has 0 radical (unpaired) electrons. The first kappa shape index (κ1) is 35.9. The number of aromatic nitrogens is 4. The Morgan fingerprint density at radius 1 is 0.830 bits per heavy atom. The highest BCUT2D eigenvalue weighted by atomic mass is 16.5. The molecule has 0 spiro atoms. The number of fused-ring (bicyclic) bond motifs is 2. The molecule has 0 bridgehead atoms. The molecule has 2 aliphatic rings. The number of alkyl carbamates (subject to hydrolysis) is 1. The third-order valence-corrected chi connectivity index (χ3v) is 10.6. The lowest BCUT2D eigenvalue weighted by Crippen LogP contribution is -2.51. The van der Waals surface area contributed by atoms with Crippen molar-refractivity contribution in [1.82, 2.24) is 35.1 Å². The fourth-order valence-corrected chi connectivity index (χ4v) is 7.48. The Kier molecular flexibility index (Phi) is 9.81. The minimum atomic E-state index is -0.728. The minimum absolute atomic E-state index is 0.0404. The van der Waals surface area contributed by atoms with E-state index in [9.17, 15) is 19.2 Å². The Labute approximate surface area is 306 Å². The number of nitrogens with one attached hydrogen (secondary N) is 3. The number of carbonyl (C=O) groups excluding carboxylic acids is 3. The second-order valence-corrected chi connectivity index (χ2v) is 14.7. The maximum atomic E-state index is 13.8. The van der Waals surface area contributed by atoms with Crippen molar-refractivity contribution in [3.05, 3.63) is 70.7 Å². The minimum Gasteiger partial charge on any atom is -0.456 e. The normalized spacial score (nSPS) is 18.7. The lowest BCUT2D eigenvalue weighted by Gasteiger charge is -2.30. The monoisotopic (exact) mass is 722 g/mol. The van der Waals surface area contributed by atoms with Crippen LogP contribution in [0.15, 0.2) is 58.0 Å². The largest absolute Gasteiger partial charge is 0.456 e. The smallest absolute Gasteiger partial charge is 0.407 e. The van der Waals surface area contributed by atoms with Gasteiger partial charge < -0.3 is 40.0 Å². The van der Waals surface area contributed by atoms with Gasteiger partial charge in [0, 0.05) is 24.2 Å². The fourth-order valence-electron chi connectivity index (χ4n) is 7.48. The van der Waals surface area contributed by atoms with Crippen LogP contribution in [0.5, 0.6) is 0 Å². The molecular weight excluding hydrogens is 676 g/mol. The summed E-state index contributed by atoms with van der Waals surface area (Å²) in [7, 11) is 1.27. The summed E-state index contributed by atoms with van der Waals surface area (Å²) in [6.45, 7) is 8.84. The van der Waals surface area contributed by atoms with Crippen LogP contribution in [0, 0.1) is 11.8 Å². The summed E-state index contributed by atoms with van der Waals surface area (Å²) in [5.41, 5.74) is 9.94. The average Bonchev–Trinajstić information content (AvgIpc) is 3.99. The van der Waals surface area contributed by atoms with Crippen molar-refractivity contribution >= 4 is 39.8 Å². The van der Waals surface area contributed by atoms with Crippen LogP contribution in [0.1, 0.15) is 77.1 Å². The summed E-state index contributed by atoms with van der Waals surface area (Å²) >= 11 is 0. The van der Waals surface area contributed by atoms with Crippen LogP contribution in [0.2, 0.25) is 0 Å². The number of nitrogens with two attached hydrogens (primary N) is 1. The number of nitrogens with zero attached hydrogens (tertiary/aromatic N) is 4. The lowest BCUT2D eigenvalue weighted by atomic mass is 10.0. The van der Waals surface area contributed by atoms with Crippen molar-refractivity contribution < 1.29 is 23.5 Å². The summed E-state index contributed by atoms with van der Waals surface area (Å²) in [6, 6.07) is 9.14. The van der Waals surface area contributed by atoms with E-state index >= 15 is 0 Å². The van der Waals surface area contributed by atoms with E-state index in [2.05, 4.69) is 25.3 Å². The van der Waals surface area contributed by atoms with Gasteiger partial charge in [-0.3, -0.25) is 14.4 Å². The number of ether oxygens (including phenoxy) is 1. The molecule has 3 aromatic heterocycles. The van der Waals surface area contributed by atoms with Crippen LogP contribution in [-0.4, -0.2) is 79.9 Å². The van der Waals surface area contributed by atoms with Crippen LogP contribution >= 0.6 is 0 Å². The zero-order chi connectivity index (χ0) is 37.6. The van der Waals surface area contributed by atoms with Crippen molar-refractivity contribution in [3.8, 4) is 22.5 Å². The molecule has 4 atom stereocenters. The van der Waals surface area contributed by atoms with Gasteiger partial charge in [-0.05, 0) is 67.9 Å². The third kappa shape index (κ3) is 6.78. The SMILES string of the molecule is COC(=O)NC(C(=O)N1CCCC1c1ncc(-c2ccc3oc4cc(-c5cnc(C6CCCN6C(=O)C(N)C(C)C)[nH]5)ccc4c(=O)c3c2)[nH]1)C(C)C. The number of hydrogen-bond acceptors (Lipinski definition) is 9. The molecule has 4 unspecified atom stereocenters. The highest BCUT2D eigenvalue weighted by Crippen LogP contribution is 2.35. The molecule has 3 amide bonds. The summed E-state index contributed by atoms with van der Waals surface area (Å²) in [4.78, 5) is 72.1. The molecule has 2 saturated heterocycles. The van der Waals surface area contributed by atoms with Crippen LogP contribution in [0.25, 0.3) is 44.5 Å². The Morgan fingerprint density at radius 3 is 2.00 bits per heavy atom. The van der Waals surface area contributed by atoms with Gasteiger partial charge in [-0.1, -0.05) is 33.8 Å². The van der Waals surface area contributed by atoms with E-state index in [1.54, 1.807) is 35.5 Å². The predicted octanol–water partition coefficient (Wildman–Crippen LogP) is 5.42. The average molecular weight is 723 g/mol. The predicted molar refractivity (Wildman–Crippen MR) is 200 cm³/mol. The molecule has 0 saturated carbocycles. The number of aromatic amines is 2. The number of hydrogen-bond donors (Lipinski definition) is 4. The summed E-state index contributed by atoms with van der Waals surface area (Å²) < 4.78 is 11.0. The number of H-pyrrole nitrogens is 2. The van der Waals surface area contributed by atoms with E-state index < -0.39 is 18.2 Å². The van der Waals surface area contributed by atoms with Gasteiger partial charge in [0.15, 0.2) is 0 Å². The lowest BCUT2D eigenvalue weighted by molar-refractivity contribution is -0.136. The quantitative estimate of drug-likeness (QED) is 0.144. The number of likely N-dealkylation sites (tertiary alicyclic amines) is 2. The third-order valence-electron chi connectivity index (χ3n) is 10.6. The molecular formula is C39H46N8O6. The van der Waals surface area contributed by atoms with Gasteiger partial charge in [0.05, 0.1) is 59.8 Å². The van der Waals surface area contributed by atoms with Gasteiger partial charge in [0.25, 0.3) is 0 Å². The van der Waals surface area contributed by atoms with E-state index in [4.69, 9.17) is 14.9 Å². The van der Waals surface area contributed by atoms with Gasteiger partial charge >= 0.3 is 6.09 Å². The first-order chi connectivity index (χ1) is 25.4. The Bertz CT molecular complexity index is 2240. The molecule has 2 fully saturated rings. The van der Waals surface area contributed by atoms with Crippen molar-refractivity contribution in [2.75, 3.05) is 20.2 Å². The number of carbonyl (C=O) groups is 3. The van der Waals surface area contributed by atoms with E-state index in [0.717, 1.165) is 42.5 Å². The zero-order valence-corrected chi connectivity index (χ0v) is 30.6. The van der Waals surface area contributed by atoms with Crippen LogP contribution < -0.4 is 16.5 Å². The Balaban J connectivity index is 1.12. The molecule has 278 valence electrons. The first-order valence-electron chi connectivity index (χ1n) is 18.3. The van der Waals surface area contributed by atoms with E-state index in [0.29, 0.717) is 52.4 Å². The first-order valence-corrected chi connectivity index (χ1v) is 18.3.